The van der Waals surface area contributed by atoms with E-state index in [0.717, 1.165) is 12.0 Å². The summed E-state index contributed by atoms with van der Waals surface area (Å²) in [5.74, 6) is -0.916. The summed E-state index contributed by atoms with van der Waals surface area (Å²) in [5.41, 5.74) is 1.36. The molecule has 0 radical (unpaired) electrons. The first-order valence-electron chi connectivity index (χ1n) is 8.25. The molecule has 0 aliphatic carbocycles. The van der Waals surface area contributed by atoms with Crippen molar-refractivity contribution in [1.82, 2.24) is 10.6 Å². The van der Waals surface area contributed by atoms with Crippen LogP contribution in [0.5, 0.6) is 0 Å². The molecule has 0 saturated heterocycles. The van der Waals surface area contributed by atoms with Crippen molar-refractivity contribution in [3.63, 3.8) is 0 Å². The van der Waals surface area contributed by atoms with Crippen LogP contribution in [0.25, 0.3) is 0 Å². The largest absolute Gasteiger partial charge is 0.354 e. The number of hydrogen-bond acceptors (Lipinski definition) is 3. The molecule has 6 heteroatoms. The number of hydrogen-bond donors (Lipinski definition) is 3. The Balaban J connectivity index is 2.47. The van der Waals surface area contributed by atoms with Gasteiger partial charge in [-0.15, -0.1) is 0 Å². The highest BCUT2D eigenvalue weighted by molar-refractivity contribution is 6.39. The molecular weight excluding hydrogens is 306 g/mol. The van der Waals surface area contributed by atoms with Crippen molar-refractivity contribution in [1.29, 1.82) is 0 Å². The van der Waals surface area contributed by atoms with Crippen molar-refractivity contribution in [2.45, 2.75) is 46.6 Å². The lowest BCUT2D eigenvalue weighted by molar-refractivity contribution is -0.136. The fourth-order valence-electron chi connectivity index (χ4n) is 2.01. The zero-order valence-corrected chi connectivity index (χ0v) is 14.8. The first-order valence-corrected chi connectivity index (χ1v) is 8.25. The van der Waals surface area contributed by atoms with Crippen LogP contribution in [0.1, 0.15) is 39.7 Å². The van der Waals surface area contributed by atoms with E-state index in [2.05, 4.69) is 29.8 Å². The third-order valence-electron chi connectivity index (χ3n) is 3.24. The summed E-state index contributed by atoms with van der Waals surface area (Å²) in [6, 6.07) is 6.97. The van der Waals surface area contributed by atoms with Crippen LogP contribution in [0.15, 0.2) is 24.3 Å². The predicted molar refractivity (Wildman–Crippen MR) is 94.5 cm³/mol. The molecule has 0 aliphatic rings. The van der Waals surface area contributed by atoms with Crippen molar-refractivity contribution >= 4 is 23.4 Å². The van der Waals surface area contributed by atoms with Gasteiger partial charge in [-0.3, -0.25) is 14.4 Å². The number of carbonyl (C=O) groups excluding carboxylic acids is 3. The van der Waals surface area contributed by atoms with E-state index < -0.39 is 11.8 Å². The van der Waals surface area contributed by atoms with Gasteiger partial charge in [0.05, 0.1) is 6.42 Å². The molecule has 1 aromatic rings. The van der Waals surface area contributed by atoms with Gasteiger partial charge in [0, 0.05) is 18.3 Å². The molecule has 6 nitrogen and oxygen atoms in total. The maximum atomic E-state index is 11.8. The fraction of sp³-hybridized carbons (Fsp3) is 0.500. The van der Waals surface area contributed by atoms with Crippen molar-refractivity contribution in [2.75, 3.05) is 11.9 Å². The van der Waals surface area contributed by atoms with Crippen molar-refractivity contribution in [3.8, 4) is 0 Å². The zero-order valence-electron chi connectivity index (χ0n) is 14.8. The Morgan fingerprint density at radius 2 is 1.58 bits per heavy atom. The molecule has 24 heavy (non-hydrogen) atoms. The Hall–Kier alpha value is -2.37. The Morgan fingerprint density at radius 3 is 2.12 bits per heavy atom. The van der Waals surface area contributed by atoms with Gasteiger partial charge in [-0.25, -0.2) is 0 Å². The molecule has 0 unspecified atom stereocenters. The van der Waals surface area contributed by atoms with E-state index >= 15 is 0 Å². The summed E-state index contributed by atoms with van der Waals surface area (Å²) in [5, 5.41) is 7.95. The number of rotatable bonds is 7. The molecule has 0 aromatic heterocycles. The minimum atomic E-state index is -0.691. The Labute approximate surface area is 143 Å². The molecule has 0 fully saturated rings. The monoisotopic (exact) mass is 333 g/mol. The second-order valence-corrected chi connectivity index (χ2v) is 6.49. The Morgan fingerprint density at radius 1 is 0.958 bits per heavy atom. The van der Waals surface area contributed by atoms with Crippen molar-refractivity contribution in [3.05, 3.63) is 29.8 Å². The van der Waals surface area contributed by atoms with E-state index in [1.165, 1.54) is 0 Å². The fourth-order valence-corrected chi connectivity index (χ4v) is 2.01. The molecule has 132 valence electrons. The maximum Gasteiger partial charge on any atom is 0.313 e. The molecule has 1 aromatic carbocycles. The summed E-state index contributed by atoms with van der Waals surface area (Å²) in [6.45, 7) is 8.39. The summed E-state index contributed by atoms with van der Waals surface area (Å²) in [6.07, 6.45) is 1.11. The van der Waals surface area contributed by atoms with E-state index in [1.807, 2.05) is 13.8 Å². The molecule has 0 spiro atoms. The molecule has 3 N–H and O–H groups in total. The van der Waals surface area contributed by atoms with Crippen LogP contribution in [0.3, 0.4) is 0 Å². The lowest BCUT2D eigenvalue weighted by Crippen LogP contribution is -2.36. The van der Waals surface area contributed by atoms with E-state index in [-0.39, 0.29) is 18.4 Å². The first kappa shape index (κ1) is 19.7. The van der Waals surface area contributed by atoms with E-state index in [4.69, 9.17) is 0 Å². The molecule has 1 rings (SSSR count). The molecule has 0 heterocycles. The minimum absolute atomic E-state index is 0.0497. The molecule has 0 aliphatic heterocycles. The third-order valence-corrected chi connectivity index (χ3v) is 3.24. The molecule has 3 amide bonds. The van der Waals surface area contributed by atoms with E-state index in [9.17, 15) is 14.4 Å². The van der Waals surface area contributed by atoms with Crippen LogP contribution in [0.2, 0.25) is 0 Å². The molecule has 0 saturated carbocycles. The van der Waals surface area contributed by atoms with Gasteiger partial charge < -0.3 is 16.0 Å². The van der Waals surface area contributed by atoms with Crippen LogP contribution >= 0.6 is 0 Å². The normalized spacial score (nSPS) is 10.6. The lowest BCUT2D eigenvalue weighted by atomic mass is 10.1. The standard InChI is InChI=1S/C18H27N3O3/c1-12(2)9-10-19-17(23)18(24)21-15-7-5-14(6-8-15)11-16(22)20-13(3)4/h5-8,12-13H,9-11H2,1-4H3,(H,19,23)(H,20,22)(H,21,24). The highest BCUT2D eigenvalue weighted by Crippen LogP contribution is 2.10. The van der Waals surface area contributed by atoms with Gasteiger partial charge in [-0.2, -0.15) is 0 Å². The van der Waals surface area contributed by atoms with E-state index in [1.54, 1.807) is 24.3 Å². The molecule has 0 bridgehead atoms. The van der Waals surface area contributed by atoms with Gasteiger partial charge in [0.25, 0.3) is 0 Å². The van der Waals surface area contributed by atoms with Gasteiger partial charge in [-0.05, 0) is 43.9 Å². The quantitative estimate of drug-likeness (QED) is 0.666. The minimum Gasteiger partial charge on any atom is -0.354 e. The Kier molecular flexibility index (Phi) is 7.95. The molecule has 0 atom stereocenters. The Bertz CT molecular complexity index is 565. The second-order valence-electron chi connectivity index (χ2n) is 6.49. The van der Waals surface area contributed by atoms with E-state index in [0.29, 0.717) is 18.2 Å². The number of nitrogens with one attached hydrogen (secondary N) is 3. The highest BCUT2D eigenvalue weighted by Gasteiger charge is 2.13. The first-order chi connectivity index (χ1) is 11.3. The third kappa shape index (κ3) is 7.76. The second kappa shape index (κ2) is 9.70. The summed E-state index contributed by atoms with van der Waals surface area (Å²) in [4.78, 5) is 35.1. The van der Waals surface area contributed by atoms with Crippen LogP contribution in [0, 0.1) is 5.92 Å². The van der Waals surface area contributed by atoms with Gasteiger partial charge >= 0.3 is 11.8 Å². The summed E-state index contributed by atoms with van der Waals surface area (Å²) < 4.78 is 0. The van der Waals surface area contributed by atoms with Gasteiger partial charge in [0.2, 0.25) is 5.91 Å². The van der Waals surface area contributed by atoms with Gasteiger partial charge in [0.1, 0.15) is 0 Å². The highest BCUT2D eigenvalue weighted by atomic mass is 16.2. The van der Waals surface area contributed by atoms with Gasteiger partial charge in [-0.1, -0.05) is 26.0 Å². The maximum absolute atomic E-state index is 11.8. The topological polar surface area (TPSA) is 87.3 Å². The molecular formula is C18H27N3O3. The average Bonchev–Trinajstić information content (AvgIpc) is 2.47. The number of anilines is 1. The van der Waals surface area contributed by atoms with Crippen molar-refractivity contribution < 1.29 is 14.4 Å². The number of carbonyl (C=O) groups is 3. The summed E-state index contributed by atoms with van der Waals surface area (Å²) in [7, 11) is 0. The van der Waals surface area contributed by atoms with Crippen LogP contribution in [-0.2, 0) is 20.8 Å². The lowest BCUT2D eigenvalue weighted by Gasteiger charge is -2.10. The van der Waals surface area contributed by atoms with Crippen molar-refractivity contribution in [2.24, 2.45) is 5.92 Å². The number of amides is 3. The number of benzene rings is 1. The average molecular weight is 333 g/mol. The predicted octanol–water partition coefficient (Wildman–Crippen LogP) is 1.85. The smallest absolute Gasteiger partial charge is 0.313 e. The summed E-state index contributed by atoms with van der Waals surface area (Å²) >= 11 is 0. The van der Waals surface area contributed by atoms with Crippen LogP contribution in [0.4, 0.5) is 5.69 Å². The zero-order chi connectivity index (χ0) is 18.1. The van der Waals surface area contributed by atoms with Crippen LogP contribution < -0.4 is 16.0 Å². The SMILES string of the molecule is CC(C)CCNC(=O)C(=O)Nc1ccc(CC(=O)NC(C)C)cc1. The van der Waals surface area contributed by atoms with Crippen LogP contribution in [-0.4, -0.2) is 30.3 Å². The van der Waals surface area contributed by atoms with Gasteiger partial charge in [0.15, 0.2) is 0 Å².